The molecule has 0 radical (unpaired) electrons. The lowest BCUT2D eigenvalue weighted by Gasteiger charge is -2.47. The summed E-state index contributed by atoms with van der Waals surface area (Å²) in [6.07, 6.45) is -1.23. The van der Waals surface area contributed by atoms with Crippen LogP contribution in [0.4, 0.5) is 13.2 Å². The van der Waals surface area contributed by atoms with Crippen molar-refractivity contribution in [2.45, 2.75) is 76.4 Å². The summed E-state index contributed by atoms with van der Waals surface area (Å²) in [6, 6.07) is 3.95. The number of carboxylic acids is 1. The van der Waals surface area contributed by atoms with Crippen molar-refractivity contribution in [3.8, 4) is 5.75 Å². The van der Waals surface area contributed by atoms with Crippen molar-refractivity contribution in [2.24, 2.45) is 5.92 Å². The van der Waals surface area contributed by atoms with Gasteiger partial charge in [-0.2, -0.15) is 13.2 Å². The fourth-order valence-electron chi connectivity index (χ4n) is 5.74. The quantitative estimate of drug-likeness (QED) is 0.468. The molecule has 0 spiro atoms. The van der Waals surface area contributed by atoms with Gasteiger partial charge in [-0.15, -0.1) is 0 Å². The molecule has 0 bridgehead atoms. The second-order valence-electron chi connectivity index (χ2n) is 10.7. The number of carbonyl (C=O) groups excluding carboxylic acids is 1. The largest absolute Gasteiger partial charge is 0.494 e. The van der Waals surface area contributed by atoms with E-state index in [1.807, 2.05) is 0 Å². The number of rotatable bonds is 10. The van der Waals surface area contributed by atoms with E-state index < -0.39 is 23.3 Å². The van der Waals surface area contributed by atoms with Crippen molar-refractivity contribution in [1.29, 1.82) is 0 Å². The number of hydrogen-bond acceptors (Lipinski definition) is 6. The van der Waals surface area contributed by atoms with Crippen molar-refractivity contribution in [3.63, 3.8) is 0 Å². The minimum atomic E-state index is -4.51. The van der Waals surface area contributed by atoms with Crippen molar-refractivity contribution in [2.75, 3.05) is 39.4 Å². The molecule has 0 unspecified atom stereocenters. The third-order valence-electron chi connectivity index (χ3n) is 7.99. The Hall–Kier alpha value is -2.37. The molecule has 1 amide bonds. The number of hydrogen-bond donors (Lipinski definition) is 2. The zero-order chi connectivity index (χ0) is 27.5. The summed E-state index contributed by atoms with van der Waals surface area (Å²) in [5.74, 6) is -0.813. The maximum absolute atomic E-state index is 13.4. The van der Waals surface area contributed by atoms with E-state index in [2.05, 4.69) is 22.0 Å². The molecular weight excluding hydrogens is 503 g/mol. The van der Waals surface area contributed by atoms with Gasteiger partial charge in [0.05, 0.1) is 25.2 Å². The number of amides is 1. The number of nitrogens with one attached hydrogen (secondary N) is 1. The Bertz CT molecular complexity index is 993. The monoisotopic (exact) mass is 541 g/mol. The van der Waals surface area contributed by atoms with Crippen molar-refractivity contribution in [1.82, 2.24) is 15.1 Å². The van der Waals surface area contributed by atoms with Gasteiger partial charge in [0.2, 0.25) is 0 Å². The molecule has 1 aromatic rings. The first-order chi connectivity index (χ1) is 18.0. The van der Waals surface area contributed by atoms with Gasteiger partial charge in [-0.3, -0.25) is 19.4 Å². The molecule has 2 heterocycles. The standard InChI is InChI=1S/C27H38F3N3O5/c1-3-37-23-13-19(12-21(14-23)27(28,29)30)15-31-25(36)26(20-4-5-20)8-6-22(17-38-26)33-11-10-32(18(2)16-33)9-7-24(34)35/h12-14,18,20,22H,3-11,15-17H2,1-2H3,(H,31,36)(H,34,35)/t18-,22+,26-/m0/s1. The van der Waals surface area contributed by atoms with Gasteiger partial charge in [-0.25, -0.2) is 0 Å². The van der Waals surface area contributed by atoms with Crippen LogP contribution >= 0.6 is 0 Å². The molecule has 3 atom stereocenters. The fourth-order valence-corrected chi connectivity index (χ4v) is 5.74. The van der Waals surface area contributed by atoms with Crippen molar-refractivity contribution in [3.05, 3.63) is 29.3 Å². The molecule has 1 saturated carbocycles. The summed E-state index contributed by atoms with van der Waals surface area (Å²) >= 11 is 0. The van der Waals surface area contributed by atoms with Crippen LogP contribution in [0.1, 0.15) is 57.1 Å². The van der Waals surface area contributed by atoms with Gasteiger partial charge >= 0.3 is 12.1 Å². The molecule has 38 heavy (non-hydrogen) atoms. The van der Waals surface area contributed by atoms with Gasteiger partial charge in [0, 0.05) is 44.8 Å². The lowest BCUT2D eigenvalue weighted by atomic mass is 9.85. The Morgan fingerprint density at radius 3 is 2.55 bits per heavy atom. The lowest BCUT2D eigenvalue weighted by molar-refractivity contribution is -0.166. The maximum atomic E-state index is 13.4. The number of alkyl halides is 3. The molecule has 1 aromatic carbocycles. The Morgan fingerprint density at radius 2 is 1.97 bits per heavy atom. The lowest BCUT2D eigenvalue weighted by Crippen LogP contribution is -2.60. The average Bonchev–Trinajstić information content (AvgIpc) is 3.72. The van der Waals surface area contributed by atoms with E-state index in [0.29, 0.717) is 25.1 Å². The van der Waals surface area contributed by atoms with E-state index in [9.17, 15) is 22.8 Å². The fraction of sp³-hybridized carbons (Fsp3) is 0.704. The highest BCUT2D eigenvalue weighted by atomic mass is 19.4. The number of halogens is 3. The molecule has 3 aliphatic rings. The van der Waals surface area contributed by atoms with Crippen LogP contribution < -0.4 is 10.1 Å². The summed E-state index contributed by atoms with van der Waals surface area (Å²) in [7, 11) is 0. The number of piperazine rings is 1. The van der Waals surface area contributed by atoms with E-state index in [1.165, 1.54) is 6.07 Å². The molecule has 1 aliphatic carbocycles. The second-order valence-corrected chi connectivity index (χ2v) is 10.7. The van der Waals surface area contributed by atoms with E-state index in [1.54, 1.807) is 6.92 Å². The topological polar surface area (TPSA) is 91.3 Å². The van der Waals surface area contributed by atoms with Gasteiger partial charge in [0.15, 0.2) is 0 Å². The van der Waals surface area contributed by atoms with E-state index in [-0.39, 0.29) is 49.2 Å². The van der Waals surface area contributed by atoms with Crippen LogP contribution in [-0.4, -0.2) is 83.9 Å². The molecule has 3 fully saturated rings. The maximum Gasteiger partial charge on any atom is 0.416 e. The molecule has 212 valence electrons. The van der Waals surface area contributed by atoms with Crippen molar-refractivity contribution >= 4 is 11.9 Å². The SMILES string of the molecule is CCOc1cc(CNC(=O)[C@@]2(C3CC3)CC[C@@H](N3CCN(CCC(=O)O)[C@@H](C)C3)CO2)cc(C(F)(F)F)c1. The summed E-state index contributed by atoms with van der Waals surface area (Å²) in [6.45, 7) is 7.38. The van der Waals surface area contributed by atoms with E-state index in [4.69, 9.17) is 14.6 Å². The van der Waals surface area contributed by atoms with Gasteiger partial charge in [0.1, 0.15) is 11.4 Å². The van der Waals surface area contributed by atoms with Crippen LogP contribution in [0, 0.1) is 5.92 Å². The summed E-state index contributed by atoms with van der Waals surface area (Å²) in [4.78, 5) is 28.9. The number of carbonyl (C=O) groups is 2. The molecular formula is C27H38F3N3O5. The van der Waals surface area contributed by atoms with Gasteiger partial charge < -0.3 is 19.9 Å². The Balaban J connectivity index is 1.35. The Labute approximate surface area is 221 Å². The highest BCUT2D eigenvalue weighted by Gasteiger charge is 2.54. The molecule has 2 aliphatic heterocycles. The Morgan fingerprint density at radius 1 is 1.21 bits per heavy atom. The smallest absolute Gasteiger partial charge is 0.416 e. The van der Waals surface area contributed by atoms with Gasteiger partial charge in [0.25, 0.3) is 5.91 Å². The Kier molecular flexibility index (Phi) is 8.89. The summed E-state index contributed by atoms with van der Waals surface area (Å²) in [5, 5.41) is 11.8. The van der Waals surface area contributed by atoms with Crippen LogP contribution in [0.15, 0.2) is 18.2 Å². The third kappa shape index (κ3) is 6.79. The molecule has 2 saturated heterocycles. The molecule has 0 aromatic heterocycles. The minimum Gasteiger partial charge on any atom is -0.494 e. The second kappa shape index (κ2) is 11.8. The number of aliphatic carboxylic acids is 1. The zero-order valence-corrected chi connectivity index (χ0v) is 22.1. The first kappa shape index (κ1) is 28.6. The van der Waals surface area contributed by atoms with Crippen LogP contribution in [0.2, 0.25) is 0 Å². The van der Waals surface area contributed by atoms with Crippen LogP contribution in [0.5, 0.6) is 5.75 Å². The average molecular weight is 542 g/mol. The van der Waals surface area contributed by atoms with E-state index in [0.717, 1.165) is 51.0 Å². The molecule has 2 N–H and O–H groups in total. The summed E-state index contributed by atoms with van der Waals surface area (Å²) < 4.78 is 51.7. The highest BCUT2D eigenvalue weighted by Crippen LogP contribution is 2.47. The van der Waals surface area contributed by atoms with Crippen LogP contribution in [0.3, 0.4) is 0 Å². The van der Waals surface area contributed by atoms with Gasteiger partial charge in [-0.1, -0.05) is 0 Å². The summed E-state index contributed by atoms with van der Waals surface area (Å²) in [5.41, 5.74) is -1.43. The normalized spacial score (nSPS) is 27.2. The first-order valence-corrected chi connectivity index (χ1v) is 13.5. The predicted molar refractivity (Wildman–Crippen MR) is 134 cm³/mol. The number of ether oxygens (including phenoxy) is 2. The van der Waals surface area contributed by atoms with Crippen LogP contribution in [0.25, 0.3) is 0 Å². The molecule has 4 rings (SSSR count). The highest BCUT2D eigenvalue weighted by molar-refractivity contribution is 5.86. The third-order valence-corrected chi connectivity index (χ3v) is 7.99. The van der Waals surface area contributed by atoms with Crippen molar-refractivity contribution < 1.29 is 37.3 Å². The zero-order valence-electron chi connectivity index (χ0n) is 22.1. The molecule has 8 nitrogen and oxygen atoms in total. The minimum absolute atomic E-state index is 0.0418. The van der Waals surface area contributed by atoms with Crippen LogP contribution in [-0.2, 0) is 27.0 Å². The number of carboxylic acid groups (broad SMARTS) is 1. The predicted octanol–water partition coefficient (Wildman–Crippen LogP) is 3.53. The number of nitrogens with zero attached hydrogens (tertiary/aromatic N) is 2. The number of benzene rings is 1. The first-order valence-electron chi connectivity index (χ1n) is 13.5. The molecule has 11 heteroatoms. The van der Waals surface area contributed by atoms with Gasteiger partial charge in [-0.05, 0) is 69.2 Å². The van der Waals surface area contributed by atoms with E-state index >= 15 is 0 Å².